The topological polar surface area (TPSA) is 47.7 Å². The Morgan fingerprint density at radius 1 is 1.27 bits per heavy atom. The summed E-state index contributed by atoms with van der Waals surface area (Å²) in [5.74, 6) is 0. The quantitative estimate of drug-likeness (QED) is 0.566. The second-order valence-corrected chi connectivity index (χ2v) is 4.27. The van der Waals surface area contributed by atoms with Gasteiger partial charge in [-0.2, -0.15) is 0 Å². The molecule has 0 radical (unpaired) electrons. The van der Waals surface area contributed by atoms with E-state index in [9.17, 15) is 5.21 Å². The Kier molecular flexibility index (Phi) is 3.66. The number of nitrogens with zero attached hydrogens (tertiary/aromatic N) is 2. The molecule has 0 atom stereocenters. The molecule has 0 N–H and O–H groups in total. The average molecular weight is 208 g/mol. The molecule has 15 heavy (non-hydrogen) atoms. The molecule has 0 aliphatic rings. The highest BCUT2D eigenvalue weighted by Crippen LogP contribution is 2.07. The number of benzene rings is 1. The Bertz CT molecular complexity index is 328. The molecule has 1 aromatic carbocycles. The van der Waals surface area contributed by atoms with Gasteiger partial charge in [0.1, 0.15) is 5.54 Å². The van der Waals surface area contributed by atoms with Gasteiger partial charge in [0.15, 0.2) is 5.02 Å². The molecule has 0 spiro atoms. The van der Waals surface area contributed by atoms with Crippen LogP contribution in [0.4, 0.5) is 0 Å². The van der Waals surface area contributed by atoms with Gasteiger partial charge in [-0.05, 0) is 26.3 Å². The normalized spacial score (nSPS) is 12.6. The lowest BCUT2D eigenvalue weighted by atomic mass is 10.1. The van der Waals surface area contributed by atoms with E-state index in [1.807, 2.05) is 51.1 Å². The van der Waals surface area contributed by atoms with E-state index in [0.29, 0.717) is 0 Å². The minimum atomic E-state index is -0.418. The van der Waals surface area contributed by atoms with Crippen molar-refractivity contribution in [1.82, 2.24) is 0 Å². The van der Waals surface area contributed by atoms with Crippen LogP contribution in [0.5, 0.6) is 0 Å². The molecule has 1 rings (SSSR count). The zero-order chi connectivity index (χ0) is 11.3. The van der Waals surface area contributed by atoms with Gasteiger partial charge < -0.3 is 4.84 Å². The SMILES string of the molecule is CC(C)(C)N=[N+]([O-])OCc1ccccc1. The summed E-state index contributed by atoms with van der Waals surface area (Å²) in [6.07, 6.45) is 0. The van der Waals surface area contributed by atoms with Crippen molar-refractivity contribution >= 4 is 0 Å². The van der Waals surface area contributed by atoms with Crippen molar-refractivity contribution in [2.24, 2.45) is 5.11 Å². The number of hydrogen-bond acceptors (Lipinski definition) is 3. The van der Waals surface area contributed by atoms with Gasteiger partial charge in [-0.3, -0.25) is 0 Å². The van der Waals surface area contributed by atoms with Gasteiger partial charge in [-0.25, -0.2) is 5.21 Å². The summed E-state index contributed by atoms with van der Waals surface area (Å²) in [6, 6.07) is 9.50. The van der Waals surface area contributed by atoms with Crippen molar-refractivity contribution in [1.29, 1.82) is 0 Å². The zero-order valence-electron chi connectivity index (χ0n) is 9.30. The Morgan fingerprint density at radius 2 is 1.87 bits per heavy atom. The van der Waals surface area contributed by atoms with E-state index in [2.05, 4.69) is 5.11 Å². The summed E-state index contributed by atoms with van der Waals surface area (Å²) in [6.45, 7) is 5.75. The molecule has 0 aliphatic heterocycles. The molecule has 0 amide bonds. The van der Waals surface area contributed by atoms with Gasteiger partial charge in [0.25, 0.3) is 0 Å². The first kappa shape index (κ1) is 11.5. The van der Waals surface area contributed by atoms with E-state index in [-0.39, 0.29) is 11.6 Å². The Morgan fingerprint density at radius 3 is 2.40 bits per heavy atom. The molecular formula is C11H16N2O2. The predicted molar refractivity (Wildman–Crippen MR) is 57.0 cm³/mol. The minimum Gasteiger partial charge on any atom is -0.376 e. The number of rotatable bonds is 3. The molecule has 0 bridgehead atoms. The molecule has 0 saturated heterocycles. The van der Waals surface area contributed by atoms with Gasteiger partial charge in [0.05, 0.1) is 6.61 Å². The highest BCUT2D eigenvalue weighted by atomic mass is 16.9. The van der Waals surface area contributed by atoms with Gasteiger partial charge in [0, 0.05) is 5.11 Å². The fourth-order valence-corrected chi connectivity index (χ4v) is 0.978. The first-order valence-electron chi connectivity index (χ1n) is 4.84. The molecule has 0 aromatic heterocycles. The summed E-state index contributed by atoms with van der Waals surface area (Å²) < 4.78 is 0. The first-order chi connectivity index (χ1) is 6.97. The maximum absolute atomic E-state index is 11.2. The van der Waals surface area contributed by atoms with Crippen LogP contribution in [0.3, 0.4) is 0 Å². The molecule has 0 heterocycles. The van der Waals surface area contributed by atoms with Crippen molar-refractivity contribution < 1.29 is 9.86 Å². The third-order valence-corrected chi connectivity index (χ3v) is 1.57. The largest absolute Gasteiger partial charge is 0.376 e. The summed E-state index contributed by atoms with van der Waals surface area (Å²) in [7, 11) is 0. The van der Waals surface area contributed by atoms with E-state index in [0.717, 1.165) is 5.56 Å². The van der Waals surface area contributed by atoms with Crippen molar-refractivity contribution in [2.45, 2.75) is 32.9 Å². The third-order valence-electron chi connectivity index (χ3n) is 1.57. The van der Waals surface area contributed by atoms with Crippen LogP contribution in [-0.2, 0) is 11.4 Å². The lowest BCUT2D eigenvalue weighted by molar-refractivity contribution is -0.798. The zero-order valence-corrected chi connectivity index (χ0v) is 9.30. The standard InChI is InChI=1S/C11H16N2O2/c1-11(2,3)12-13(14)15-9-10-7-5-4-6-8-10/h4-8H,9H2,1-3H3. The van der Waals surface area contributed by atoms with Crippen LogP contribution < -0.4 is 0 Å². The van der Waals surface area contributed by atoms with Gasteiger partial charge >= 0.3 is 0 Å². The lowest BCUT2D eigenvalue weighted by Crippen LogP contribution is -2.15. The average Bonchev–Trinajstić information content (AvgIpc) is 2.14. The molecule has 0 unspecified atom stereocenters. The maximum Gasteiger partial charge on any atom is 0.169 e. The highest BCUT2D eigenvalue weighted by molar-refractivity contribution is 5.13. The van der Waals surface area contributed by atoms with Crippen LogP contribution in [0.1, 0.15) is 26.3 Å². The molecule has 1 aromatic rings. The molecule has 0 fully saturated rings. The molecule has 0 aliphatic carbocycles. The van der Waals surface area contributed by atoms with Crippen molar-refractivity contribution in [3.63, 3.8) is 0 Å². The lowest BCUT2D eigenvalue weighted by Gasteiger charge is -2.08. The van der Waals surface area contributed by atoms with Crippen molar-refractivity contribution in [2.75, 3.05) is 0 Å². The monoisotopic (exact) mass is 208 g/mol. The van der Waals surface area contributed by atoms with Crippen molar-refractivity contribution in [3.05, 3.63) is 41.1 Å². The minimum absolute atomic E-state index is 0.240. The van der Waals surface area contributed by atoms with E-state index in [4.69, 9.17) is 4.84 Å². The molecule has 82 valence electrons. The van der Waals surface area contributed by atoms with Crippen LogP contribution in [0.2, 0.25) is 0 Å². The van der Waals surface area contributed by atoms with Crippen molar-refractivity contribution in [3.8, 4) is 0 Å². The summed E-state index contributed by atoms with van der Waals surface area (Å²) in [5, 5.41) is 15.2. The Balaban J connectivity index is 2.48. The van der Waals surface area contributed by atoms with Gasteiger partial charge in [-0.15, -0.1) is 0 Å². The van der Waals surface area contributed by atoms with E-state index < -0.39 is 5.54 Å². The van der Waals surface area contributed by atoms with E-state index in [1.54, 1.807) is 0 Å². The van der Waals surface area contributed by atoms with E-state index >= 15 is 0 Å². The van der Waals surface area contributed by atoms with Crippen LogP contribution in [-0.4, -0.2) is 10.6 Å². The van der Waals surface area contributed by atoms with Gasteiger partial charge in [-0.1, -0.05) is 30.3 Å². The maximum atomic E-state index is 11.2. The molecule has 4 nitrogen and oxygen atoms in total. The first-order valence-corrected chi connectivity index (χ1v) is 4.84. The van der Waals surface area contributed by atoms with Crippen LogP contribution in [0, 0.1) is 5.21 Å². The second-order valence-electron chi connectivity index (χ2n) is 4.27. The van der Waals surface area contributed by atoms with Gasteiger partial charge in [0.2, 0.25) is 0 Å². The smallest absolute Gasteiger partial charge is 0.169 e. The third kappa shape index (κ3) is 5.00. The summed E-state index contributed by atoms with van der Waals surface area (Å²) in [5.41, 5.74) is 0.529. The highest BCUT2D eigenvalue weighted by Gasteiger charge is 2.14. The van der Waals surface area contributed by atoms with Crippen LogP contribution in [0.15, 0.2) is 35.4 Å². The molecular weight excluding hydrogens is 192 g/mol. The Hall–Kier alpha value is -1.58. The summed E-state index contributed by atoms with van der Waals surface area (Å²) in [4.78, 5) is 4.92. The predicted octanol–water partition coefficient (Wildman–Crippen LogP) is 2.88. The van der Waals surface area contributed by atoms with Crippen LogP contribution >= 0.6 is 0 Å². The van der Waals surface area contributed by atoms with E-state index in [1.165, 1.54) is 0 Å². The molecule has 4 heteroatoms. The van der Waals surface area contributed by atoms with Crippen LogP contribution in [0.25, 0.3) is 0 Å². The fraction of sp³-hybridized carbons (Fsp3) is 0.455. The molecule has 0 saturated carbocycles. The fourth-order valence-electron chi connectivity index (χ4n) is 0.978. The summed E-state index contributed by atoms with van der Waals surface area (Å²) >= 11 is 0. The second kappa shape index (κ2) is 4.77. The Labute approximate surface area is 89.7 Å². The number of hydrogen-bond donors (Lipinski definition) is 0.